The number of rotatable bonds is 2. The van der Waals surface area contributed by atoms with E-state index in [0.29, 0.717) is 0 Å². The molecule has 0 atom stereocenters. The minimum Gasteiger partial charge on any atom is -0.613 e. The van der Waals surface area contributed by atoms with Crippen molar-refractivity contribution < 1.29 is 39.6 Å². The van der Waals surface area contributed by atoms with Crippen molar-refractivity contribution in [3.05, 3.63) is 10.4 Å². The van der Waals surface area contributed by atoms with Crippen LogP contribution in [0.15, 0.2) is 0 Å². The molecule has 5 heteroatoms. The molecule has 0 fully saturated rings. The Hall–Kier alpha value is 0.230. The zero-order valence-electron chi connectivity index (χ0n) is 4.70. The summed E-state index contributed by atoms with van der Waals surface area (Å²) >= 11 is 0. The fourth-order valence-electron chi connectivity index (χ4n) is 0.163. The Kier molecular flexibility index (Phi) is 10.0. The van der Waals surface area contributed by atoms with Crippen molar-refractivity contribution in [2.45, 2.75) is 6.42 Å². The average molecular weight is 127 g/mol. The second-order valence-corrected chi connectivity index (χ2v) is 0.980. The van der Waals surface area contributed by atoms with Crippen LogP contribution in [0.2, 0.25) is 0 Å². The Morgan fingerprint density at radius 3 is 2.12 bits per heavy atom. The van der Waals surface area contributed by atoms with E-state index in [1.54, 1.807) is 0 Å². The van der Waals surface area contributed by atoms with Gasteiger partial charge in [-0.3, -0.25) is 0 Å². The second-order valence-electron chi connectivity index (χ2n) is 0.980. The van der Waals surface area contributed by atoms with Crippen LogP contribution >= 0.6 is 0 Å². The first-order chi connectivity index (χ1) is 3.27. The molecule has 0 aromatic heterocycles. The van der Waals surface area contributed by atoms with Gasteiger partial charge in [0.25, 0.3) is 0 Å². The van der Waals surface area contributed by atoms with E-state index in [1.165, 1.54) is 0 Å². The quantitative estimate of drug-likeness (QED) is 0.181. The fraction of sp³-hybridized carbons (Fsp3) is 0.667. The normalized spacial score (nSPS) is 7.12. The molecule has 4 nitrogen and oxygen atoms in total. The Labute approximate surface area is 69.3 Å². The molecule has 0 bridgehead atoms. The SMILES string of the molecule is [Na+].[O-][N+]([O-])=CCCO. The van der Waals surface area contributed by atoms with Gasteiger partial charge in [0.2, 0.25) is 0 Å². The van der Waals surface area contributed by atoms with Crippen LogP contribution in [0, 0.1) is 10.4 Å². The monoisotopic (exact) mass is 127 g/mol. The van der Waals surface area contributed by atoms with E-state index < -0.39 is 4.90 Å². The molecule has 0 aromatic carbocycles. The molecule has 0 saturated carbocycles. The van der Waals surface area contributed by atoms with Crippen molar-refractivity contribution in [2.75, 3.05) is 6.61 Å². The van der Waals surface area contributed by atoms with Crippen molar-refractivity contribution in [1.29, 1.82) is 0 Å². The maximum absolute atomic E-state index is 9.40. The molecule has 0 aliphatic rings. The molecule has 0 spiro atoms. The van der Waals surface area contributed by atoms with E-state index in [-0.39, 0.29) is 42.6 Å². The average Bonchev–Trinajstić information content (AvgIpc) is 1.61. The summed E-state index contributed by atoms with van der Waals surface area (Å²) in [4.78, 5) is -0.573. The molecule has 0 saturated heterocycles. The summed E-state index contributed by atoms with van der Waals surface area (Å²) in [5, 5.41) is 26.8. The summed E-state index contributed by atoms with van der Waals surface area (Å²) in [7, 11) is 0. The molecular formula is C3H6NNaO3. The van der Waals surface area contributed by atoms with Gasteiger partial charge in [0.15, 0.2) is 6.21 Å². The standard InChI is InChI=1S/C3H6NO3.Na/c5-3-1-2-4(6)7;/h2,5H,1,3H2;/q-1;+1. The summed E-state index contributed by atoms with van der Waals surface area (Å²) in [5.41, 5.74) is 0. The van der Waals surface area contributed by atoms with E-state index in [4.69, 9.17) is 5.11 Å². The van der Waals surface area contributed by atoms with E-state index in [0.717, 1.165) is 6.21 Å². The number of nitrogens with zero attached hydrogens (tertiary/aromatic N) is 1. The number of aliphatic hydroxyl groups is 1. The fourth-order valence-corrected chi connectivity index (χ4v) is 0.163. The van der Waals surface area contributed by atoms with Crippen molar-refractivity contribution in [3.63, 3.8) is 0 Å². The first kappa shape index (κ1) is 11.1. The topological polar surface area (TPSA) is 69.4 Å². The third-order valence-electron chi connectivity index (χ3n) is 0.407. The maximum atomic E-state index is 9.40. The van der Waals surface area contributed by atoms with Gasteiger partial charge in [-0.1, -0.05) is 0 Å². The Morgan fingerprint density at radius 2 is 2.00 bits per heavy atom. The minimum atomic E-state index is -0.573. The van der Waals surface area contributed by atoms with Gasteiger partial charge in [-0.25, -0.2) is 0 Å². The second kappa shape index (κ2) is 7.23. The third kappa shape index (κ3) is 9.52. The summed E-state index contributed by atoms with van der Waals surface area (Å²) in [5.74, 6) is 0. The molecule has 0 aromatic rings. The van der Waals surface area contributed by atoms with Crippen LogP contribution < -0.4 is 29.6 Å². The van der Waals surface area contributed by atoms with Crippen LogP contribution in [0.5, 0.6) is 0 Å². The van der Waals surface area contributed by atoms with Gasteiger partial charge in [0.05, 0.1) is 13.0 Å². The van der Waals surface area contributed by atoms with Crippen LogP contribution in [0.3, 0.4) is 0 Å². The zero-order valence-corrected chi connectivity index (χ0v) is 6.70. The molecule has 0 amide bonds. The molecule has 1 N–H and O–H groups in total. The van der Waals surface area contributed by atoms with Crippen LogP contribution in [0.4, 0.5) is 0 Å². The largest absolute Gasteiger partial charge is 1.00 e. The molecule has 8 heavy (non-hydrogen) atoms. The minimum absolute atomic E-state index is 0. The predicted molar refractivity (Wildman–Crippen MR) is 24.8 cm³/mol. The molecule has 42 valence electrons. The summed E-state index contributed by atoms with van der Waals surface area (Å²) < 4.78 is 0. The predicted octanol–water partition coefficient (Wildman–Crippen LogP) is -3.55. The first-order valence-electron chi connectivity index (χ1n) is 1.85. The van der Waals surface area contributed by atoms with Crippen molar-refractivity contribution in [2.24, 2.45) is 0 Å². The molecule has 0 radical (unpaired) electrons. The van der Waals surface area contributed by atoms with Crippen molar-refractivity contribution in [1.82, 2.24) is 0 Å². The Morgan fingerprint density at radius 1 is 1.50 bits per heavy atom. The van der Waals surface area contributed by atoms with Gasteiger partial charge in [0, 0.05) is 0 Å². The van der Waals surface area contributed by atoms with E-state index in [9.17, 15) is 10.4 Å². The van der Waals surface area contributed by atoms with E-state index >= 15 is 0 Å². The molecule has 0 rings (SSSR count). The van der Waals surface area contributed by atoms with Gasteiger partial charge in [-0.2, -0.15) is 4.90 Å². The van der Waals surface area contributed by atoms with Crippen LogP contribution in [0.25, 0.3) is 0 Å². The van der Waals surface area contributed by atoms with Gasteiger partial charge in [0.1, 0.15) is 0 Å². The summed E-state index contributed by atoms with van der Waals surface area (Å²) in [6, 6.07) is 0. The van der Waals surface area contributed by atoms with Gasteiger partial charge < -0.3 is 15.5 Å². The summed E-state index contributed by atoms with van der Waals surface area (Å²) in [6.45, 7) is -0.152. The van der Waals surface area contributed by atoms with Gasteiger partial charge in [-0.05, 0) is 0 Å². The van der Waals surface area contributed by atoms with Crippen LogP contribution in [-0.4, -0.2) is 22.8 Å². The van der Waals surface area contributed by atoms with Crippen LogP contribution in [-0.2, 0) is 0 Å². The molecular weight excluding hydrogens is 121 g/mol. The molecule has 0 aliphatic carbocycles. The van der Waals surface area contributed by atoms with Gasteiger partial charge >= 0.3 is 29.6 Å². The van der Waals surface area contributed by atoms with Gasteiger partial charge in [-0.15, -0.1) is 0 Å². The molecule has 0 heterocycles. The number of aliphatic hydroxyl groups excluding tert-OH is 1. The Balaban J connectivity index is 0. The first-order valence-corrected chi connectivity index (χ1v) is 1.85. The number of hydrogen-bond acceptors (Lipinski definition) is 3. The summed E-state index contributed by atoms with van der Waals surface area (Å²) in [6.07, 6.45) is 0.951. The van der Waals surface area contributed by atoms with Crippen molar-refractivity contribution in [3.8, 4) is 0 Å². The zero-order chi connectivity index (χ0) is 5.70. The van der Waals surface area contributed by atoms with E-state index in [1.807, 2.05) is 0 Å². The third-order valence-corrected chi connectivity index (χ3v) is 0.407. The Bertz CT molecular complexity index is 70.9. The maximum Gasteiger partial charge on any atom is 1.00 e. The van der Waals surface area contributed by atoms with Crippen LogP contribution in [0.1, 0.15) is 6.42 Å². The van der Waals surface area contributed by atoms with E-state index in [2.05, 4.69) is 0 Å². The molecule has 0 unspecified atom stereocenters. The molecule has 0 aliphatic heterocycles. The van der Waals surface area contributed by atoms with Crippen molar-refractivity contribution >= 4 is 6.21 Å². The smallest absolute Gasteiger partial charge is 0.613 e. The number of hydrogen-bond donors (Lipinski definition) is 1.